The van der Waals surface area contributed by atoms with Crippen LogP contribution in [0.3, 0.4) is 0 Å². The SMILES string of the molecule is c1ccc(N(c2cccc3c2sc2ccccc23)c2cccc3c2sc2ccccc23)c(-c2ccccc2N(c2cccc3c2sc2ccccc23)c2cccc3c2sc2c4ccccc4ccc32)c1. The number of fused-ring (bicyclic) bond motifs is 14. The molecule has 0 bridgehead atoms. The van der Waals surface area contributed by atoms with E-state index >= 15 is 0 Å². The molecule has 0 radical (unpaired) electrons. The number of rotatable bonds is 7. The summed E-state index contributed by atoms with van der Waals surface area (Å²) in [6.45, 7) is 0. The topological polar surface area (TPSA) is 6.48 Å². The van der Waals surface area contributed by atoms with Crippen LogP contribution in [0.5, 0.6) is 0 Å². The van der Waals surface area contributed by atoms with Gasteiger partial charge >= 0.3 is 0 Å². The molecule has 15 aromatic rings. The molecule has 0 fully saturated rings. The highest BCUT2D eigenvalue weighted by molar-refractivity contribution is 7.28. The molecule has 4 heterocycles. The van der Waals surface area contributed by atoms with E-state index in [1.54, 1.807) is 0 Å². The van der Waals surface area contributed by atoms with E-state index in [1.165, 1.54) is 114 Å². The zero-order valence-electron chi connectivity index (χ0n) is 37.5. The van der Waals surface area contributed by atoms with Gasteiger partial charge in [-0.2, -0.15) is 0 Å². The fourth-order valence-electron chi connectivity index (χ4n) is 11.0. The van der Waals surface area contributed by atoms with Gasteiger partial charge in [0, 0.05) is 73.0 Å². The minimum absolute atomic E-state index is 1.12. The predicted octanol–water partition coefficient (Wildman–Crippen LogP) is 20.9. The third-order valence-electron chi connectivity index (χ3n) is 14.1. The molecule has 0 atom stereocenters. The lowest BCUT2D eigenvalue weighted by Gasteiger charge is -2.32. The second-order valence-electron chi connectivity index (χ2n) is 17.9. The van der Waals surface area contributed by atoms with Crippen molar-refractivity contribution in [1.82, 2.24) is 0 Å². The van der Waals surface area contributed by atoms with Crippen molar-refractivity contribution in [3.05, 3.63) is 231 Å². The zero-order chi connectivity index (χ0) is 45.9. The molecule has 0 aliphatic carbocycles. The molecule has 0 unspecified atom stereocenters. The second-order valence-corrected chi connectivity index (χ2v) is 22.1. The van der Waals surface area contributed by atoms with E-state index in [4.69, 9.17) is 0 Å². The van der Waals surface area contributed by atoms with Crippen LogP contribution in [0.4, 0.5) is 34.1 Å². The highest BCUT2D eigenvalue weighted by Gasteiger charge is 2.28. The molecule has 11 aromatic carbocycles. The summed E-state index contributed by atoms with van der Waals surface area (Å²) in [5.41, 5.74) is 9.21. The van der Waals surface area contributed by atoms with Gasteiger partial charge in [0.2, 0.25) is 0 Å². The van der Waals surface area contributed by atoms with E-state index < -0.39 is 0 Å². The molecule has 0 aliphatic rings. The molecule has 0 spiro atoms. The molecule has 0 saturated carbocycles. The molecule has 4 aromatic heterocycles. The van der Waals surface area contributed by atoms with Crippen molar-refractivity contribution in [2.45, 2.75) is 0 Å². The van der Waals surface area contributed by atoms with Crippen molar-refractivity contribution < 1.29 is 0 Å². The monoisotopic (exact) mass is 962 g/mol. The lowest BCUT2D eigenvalue weighted by Crippen LogP contribution is -2.14. The zero-order valence-corrected chi connectivity index (χ0v) is 40.7. The average Bonchev–Trinajstić information content (AvgIpc) is 4.21. The second kappa shape index (κ2) is 15.9. The number of anilines is 6. The van der Waals surface area contributed by atoms with Crippen LogP contribution in [-0.2, 0) is 0 Å². The van der Waals surface area contributed by atoms with Crippen molar-refractivity contribution >= 4 is 171 Å². The summed E-state index contributed by atoms with van der Waals surface area (Å²) in [5.74, 6) is 0. The predicted molar refractivity (Wildman–Crippen MR) is 310 cm³/mol. The first-order valence-corrected chi connectivity index (χ1v) is 26.8. The lowest BCUT2D eigenvalue weighted by atomic mass is 9.98. The minimum atomic E-state index is 1.12. The molecule has 0 amide bonds. The highest BCUT2D eigenvalue weighted by atomic mass is 32.1. The Morgan fingerprint density at radius 2 is 0.514 bits per heavy atom. The molecule has 70 heavy (non-hydrogen) atoms. The summed E-state index contributed by atoms with van der Waals surface area (Å²) in [5, 5.41) is 12.8. The maximum Gasteiger partial charge on any atom is 0.0641 e. The highest BCUT2D eigenvalue weighted by Crippen LogP contribution is 2.55. The third-order valence-corrected chi connectivity index (χ3v) is 19.0. The Morgan fingerprint density at radius 1 is 0.200 bits per heavy atom. The lowest BCUT2D eigenvalue weighted by molar-refractivity contribution is 1.30. The van der Waals surface area contributed by atoms with Gasteiger partial charge < -0.3 is 9.80 Å². The summed E-state index contributed by atoms with van der Waals surface area (Å²) in [6.07, 6.45) is 0. The van der Waals surface area contributed by atoms with E-state index in [0.29, 0.717) is 0 Å². The van der Waals surface area contributed by atoms with Crippen molar-refractivity contribution in [1.29, 1.82) is 0 Å². The molecular weight excluding hydrogens is 925 g/mol. The average molecular weight is 963 g/mol. The summed E-state index contributed by atoms with van der Waals surface area (Å²) >= 11 is 7.56. The normalized spacial score (nSPS) is 12.0. The molecule has 15 rings (SSSR count). The van der Waals surface area contributed by atoms with Gasteiger partial charge in [0.1, 0.15) is 0 Å². The molecule has 0 N–H and O–H groups in total. The molecule has 0 aliphatic heterocycles. The van der Waals surface area contributed by atoms with Crippen LogP contribution in [0, 0.1) is 0 Å². The fraction of sp³-hybridized carbons (Fsp3) is 0. The first-order valence-electron chi connectivity index (χ1n) is 23.6. The van der Waals surface area contributed by atoms with Crippen LogP contribution >= 0.6 is 45.3 Å². The summed E-state index contributed by atoms with van der Waals surface area (Å²) in [7, 11) is 0. The Hall–Kier alpha value is -7.84. The number of para-hydroxylation sites is 2. The van der Waals surface area contributed by atoms with Gasteiger partial charge in [0.25, 0.3) is 0 Å². The van der Waals surface area contributed by atoms with Gasteiger partial charge in [0.15, 0.2) is 0 Å². The quantitative estimate of drug-likeness (QED) is 0.157. The standard InChI is InChI=1S/C64H38N2S4/c1-2-18-40-39(17-1)37-38-50-49-27-16-33-56(64(49)70-60(40)50)66(55-32-15-26-48-45-23-7-12-36-59(45)69-63(48)55)52-29-9-4-20-42(52)41-19-3-8-28-51(41)65(53-30-13-24-46-43-21-5-10-34-57(43)67-61(46)53)54-31-14-25-47-44-22-6-11-35-58(44)68-62(47)54/h1-38H. The number of hydrogen-bond acceptors (Lipinski definition) is 6. The first-order chi connectivity index (χ1) is 34.7. The van der Waals surface area contributed by atoms with E-state index in [9.17, 15) is 0 Å². The van der Waals surface area contributed by atoms with Gasteiger partial charge in [-0.25, -0.2) is 0 Å². The number of benzene rings is 11. The van der Waals surface area contributed by atoms with Gasteiger partial charge in [-0.3, -0.25) is 0 Å². The van der Waals surface area contributed by atoms with Crippen LogP contribution in [0.25, 0.3) is 103 Å². The smallest absolute Gasteiger partial charge is 0.0641 e. The largest absolute Gasteiger partial charge is 0.307 e. The number of nitrogens with zero attached hydrogens (tertiary/aromatic N) is 2. The van der Waals surface area contributed by atoms with Crippen LogP contribution in [-0.4, -0.2) is 0 Å². The van der Waals surface area contributed by atoms with E-state index in [0.717, 1.165) is 22.5 Å². The summed E-state index contributed by atoms with van der Waals surface area (Å²) in [4.78, 5) is 5.14. The molecule has 328 valence electrons. The van der Waals surface area contributed by atoms with Gasteiger partial charge in [0.05, 0.1) is 52.9 Å². The van der Waals surface area contributed by atoms with E-state index in [2.05, 4.69) is 240 Å². The Bertz CT molecular complexity index is 4470. The maximum absolute atomic E-state index is 2.58. The number of thiophene rings is 4. The van der Waals surface area contributed by atoms with Crippen LogP contribution < -0.4 is 9.80 Å². The number of hydrogen-bond donors (Lipinski definition) is 0. The fourth-order valence-corrected chi connectivity index (χ4v) is 15.9. The van der Waals surface area contributed by atoms with Crippen LogP contribution in [0.15, 0.2) is 231 Å². The Balaban J connectivity index is 1.03. The van der Waals surface area contributed by atoms with Gasteiger partial charge in [-0.15, -0.1) is 45.3 Å². The maximum atomic E-state index is 2.58. The molecule has 0 saturated heterocycles. The third kappa shape index (κ3) is 6.01. The van der Waals surface area contributed by atoms with Crippen molar-refractivity contribution in [3.8, 4) is 11.1 Å². The molecule has 6 heteroatoms. The first kappa shape index (κ1) is 40.1. The Kier molecular flexibility index (Phi) is 9.08. The Labute approximate surface area is 419 Å². The van der Waals surface area contributed by atoms with Crippen molar-refractivity contribution in [2.75, 3.05) is 9.80 Å². The van der Waals surface area contributed by atoms with Gasteiger partial charge in [-0.05, 0) is 65.4 Å². The molecule has 2 nitrogen and oxygen atoms in total. The molecular formula is C64H38N2S4. The summed E-state index contributed by atoms with van der Waals surface area (Å²) in [6, 6.07) is 85.7. The van der Waals surface area contributed by atoms with Crippen molar-refractivity contribution in [2.24, 2.45) is 0 Å². The van der Waals surface area contributed by atoms with Crippen molar-refractivity contribution in [3.63, 3.8) is 0 Å². The minimum Gasteiger partial charge on any atom is -0.307 e. The van der Waals surface area contributed by atoms with E-state index in [-0.39, 0.29) is 0 Å². The Morgan fingerprint density at radius 3 is 0.971 bits per heavy atom. The summed E-state index contributed by atoms with van der Waals surface area (Å²) < 4.78 is 10.3. The van der Waals surface area contributed by atoms with Gasteiger partial charge in [-0.1, -0.05) is 176 Å². The van der Waals surface area contributed by atoms with Crippen LogP contribution in [0.1, 0.15) is 0 Å². The van der Waals surface area contributed by atoms with Crippen LogP contribution in [0.2, 0.25) is 0 Å². The van der Waals surface area contributed by atoms with E-state index in [1.807, 2.05) is 45.3 Å².